The summed E-state index contributed by atoms with van der Waals surface area (Å²) in [5, 5.41) is 35.2. The third kappa shape index (κ3) is 4.40. The van der Waals surface area contributed by atoms with Crippen molar-refractivity contribution in [3.8, 4) is 12.3 Å². The average Bonchev–Trinajstić information content (AvgIpc) is 3.09. The van der Waals surface area contributed by atoms with Crippen molar-refractivity contribution in [3.63, 3.8) is 0 Å². The van der Waals surface area contributed by atoms with Gasteiger partial charge in [-0.2, -0.15) is 0 Å². The number of carboxylic acids is 2. The lowest BCUT2D eigenvalue weighted by Crippen LogP contribution is -2.54. The Morgan fingerprint density at radius 2 is 1.89 bits per heavy atom. The number of aliphatic hydroxyl groups is 1. The van der Waals surface area contributed by atoms with Gasteiger partial charge < -0.3 is 25.5 Å². The monoisotopic (exact) mass is 500 g/mol. The molecule has 4 aliphatic rings. The number of fused-ring (bicyclic) bond motifs is 5. The van der Waals surface area contributed by atoms with Crippen LogP contribution < -0.4 is 5.32 Å². The van der Waals surface area contributed by atoms with Gasteiger partial charge in [-0.15, -0.1) is 6.42 Å². The fourth-order valence-corrected chi connectivity index (χ4v) is 7.68. The minimum Gasteiger partial charge on any atom is -0.481 e. The van der Waals surface area contributed by atoms with E-state index in [-0.39, 0.29) is 10.8 Å². The lowest BCUT2D eigenvalue weighted by Gasteiger charge is -2.58. The Hall–Kier alpha value is -2.86. The molecule has 3 saturated carbocycles. The highest BCUT2D eigenvalue weighted by Crippen LogP contribution is 2.67. The maximum atomic E-state index is 12.0. The molecule has 3 fully saturated rings. The van der Waals surface area contributed by atoms with Crippen LogP contribution in [-0.4, -0.2) is 57.1 Å². The standard InChI is InChI=1S/C27H36N2O7/c1-4-27(35)12-9-20-18-6-5-16-13-17(7-10-25(16,2)19(18)8-11-26(20,27)3)29-36-15-22(30)28-21(24(33)34)14-23(31)32/h1,13,18-21,35H,5-12,14-15H2,2-3H3,(H,28,30)(H,31,32)(H,33,34)/b29-17+/t18?,19?,20?,21?,25-,26-,27+/m0/s1. The number of carbonyl (C=O) groups excluding carboxylic acids is 1. The van der Waals surface area contributed by atoms with E-state index in [1.165, 1.54) is 5.57 Å². The fraction of sp³-hybridized carbons (Fsp3) is 0.704. The van der Waals surface area contributed by atoms with Gasteiger partial charge in [-0.05, 0) is 80.6 Å². The predicted molar refractivity (Wildman–Crippen MR) is 131 cm³/mol. The average molecular weight is 501 g/mol. The van der Waals surface area contributed by atoms with Crippen molar-refractivity contribution in [2.75, 3.05) is 6.61 Å². The Bertz CT molecular complexity index is 1050. The van der Waals surface area contributed by atoms with Crippen molar-refractivity contribution in [1.29, 1.82) is 0 Å². The Morgan fingerprint density at radius 1 is 1.17 bits per heavy atom. The van der Waals surface area contributed by atoms with Crippen LogP contribution in [0.25, 0.3) is 0 Å². The number of nitrogens with one attached hydrogen (secondary N) is 1. The second-order valence-corrected chi connectivity index (χ2v) is 11.4. The van der Waals surface area contributed by atoms with E-state index < -0.39 is 42.5 Å². The van der Waals surface area contributed by atoms with Crippen molar-refractivity contribution in [3.05, 3.63) is 11.6 Å². The second kappa shape index (κ2) is 9.55. The minimum atomic E-state index is -1.52. The molecular formula is C27H36N2O7. The van der Waals surface area contributed by atoms with Crippen molar-refractivity contribution >= 4 is 23.6 Å². The molecule has 0 heterocycles. The first kappa shape index (κ1) is 26.2. The van der Waals surface area contributed by atoms with Crippen molar-refractivity contribution in [1.82, 2.24) is 5.32 Å². The molecule has 0 aliphatic heterocycles. The highest BCUT2D eigenvalue weighted by molar-refractivity contribution is 5.96. The Kier molecular flexibility index (Phi) is 6.95. The molecule has 4 N–H and O–H groups in total. The molecule has 7 atom stereocenters. The zero-order valence-corrected chi connectivity index (χ0v) is 21.0. The molecule has 0 aromatic heterocycles. The molecule has 9 heteroatoms. The van der Waals surface area contributed by atoms with Gasteiger partial charge in [-0.25, -0.2) is 4.79 Å². The normalized spacial score (nSPS) is 39.0. The summed E-state index contributed by atoms with van der Waals surface area (Å²) in [4.78, 5) is 39.1. The molecule has 36 heavy (non-hydrogen) atoms. The molecule has 0 radical (unpaired) electrons. The van der Waals surface area contributed by atoms with Crippen molar-refractivity contribution in [2.45, 2.75) is 83.3 Å². The quantitative estimate of drug-likeness (QED) is 0.311. The summed E-state index contributed by atoms with van der Waals surface area (Å²) < 4.78 is 0. The first-order valence-corrected chi connectivity index (χ1v) is 12.8. The summed E-state index contributed by atoms with van der Waals surface area (Å²) in [6.07, 6.45) is 14.4. The zero-order chi connectivity index (χ0) is 26.3. The van der Waals surface area contributed by atoms with E-state index in [0.717, 1.165) is 44.2 Å². The maximum Gasteiger partial charge on any atom is 0.326 e. The first-order chi connectivity index (χ1) is 16.9. The molecule has 4 aliphatic carbocycles. The summed E-state index contributed by atoms with van der Waals surface area (Å²) in [5.74, 6) is 0.754. The molecular weight excluding hydrogens is 464 g/mol. The maximum absolute atomic E-state index is 12.0. The smallest absolute Gasteiger partial charge is 0.326 e. The van der Waals surface area contributed by atoms with Crippen LogP contribution in [0.4, 0.5) is 0 Å². The van der Waals surface area contributed by atoms with E-state index in [1.807, 2.05) is 0 Å². The number of allylic oxidation sites excluding steroid dienone is 2. The largest absolute Gasteiger partial charge is 0.481 e. The van der Waals surface area contributed by atoms with Crippen LogP contribution in [-0.2, 0) is 19.2 Å². The molecule has 0 aromatic rings. The Morgan fingerprint density at radius 3 is 2.56 bits per heavy atom. The zero-order valence-electron chi connectivity index (χ0n) is 21.0. The van der Waals surface area contributed by atoms with Gasteiger partial charge >= 0.3 is 11.9 Å². The number of oxime groups is 1. The van der Waals surface area contributed by atoms with E-state index in [0.29, 0.717) is 30.6 Å². The van der Waals surface area contributed by atoms with Gasteiger partial charge in [0.15, 0.2) is 6.61 Å². The Labute approximate surface area is 211 Å². The van der Waals surface area contributed by atoms with Crippen molar-refractivity contribution < 1.29 is 34.5 Å². The summed E-state index contributed by atoms with van der Waals surface area (Å²) in [6.45, 7) is 4.05. The van der Waals surface area contributed by atoms with E-state index in [1.54, 1.807) is 0 Å². The predicted octanol–water partition coefficient (Wildman–Crippen LogP) is 2.73. The van der Waals surface area contributed by atoms with Gasteiger partial charge in [-0.1, -0.05) is 30.5 Å². The highest BCUT2D eigenvalue weighted by atomic mass is 16.6. The molecule has 0 bridgehead atoms. The lowest BCUT2D eigenvalue weighted by atomic mass is 9.46. The van der Waals surface area contributed by atoms with Crippen LogP contribution in [0.2, 0.25) is 0 Å². The summed E-state index contributed by atoms with van der Waals surface area (Å²) in [7, 11) is 0. The summed E-state index contributed by atoms with van der Waals surface area (Å²) >= 11 is 0. The number of carboxylic acid groups (broad SMARTS) is 2. The SMILES string of the molecule is C#C[C@@]1(O)CCC2C3CCC4=C/C(=N/OCC(=O)NC(CC(=O)O)C(=O)O)CC[C@]4(C)C3CC[C@@]21C. The number of hydrogen-bond donors (Lipinski definition) is 4. The van der Waals surface area contributed by atoms with E-state index >= 15 is 0 Å². The Balaban J connectivity index is 1.40. The summed E-state index contributed by atoms with van der Waals surface area (Å²) in [6, 6.07) is -1.52. The number of carbonyl (C=O) groups is 3. The van der Waals surface area contributed by atoms with E-state index in [4.69, 9.17) is 21.5 Å². The van der Waals surface area contributed by atoms with Crippen LogP contribution in [0.15, 0.2) is 16.8 Å². The van der Waals surface area contributed by atoms with Gasteiger partial charge in [-0.3, -0.25) is 9.59 Å². The number of aliphatic carboxylic acids is 2. The third-order valence-electron chi connectivity index (χ3n) is 9.76. The molecule has 4 rings (SSSR count). The van der Waals surface area contributed by atoms with Gasteiger partial charge in [0.2, 0.25) is 0 Å². The molecule has 0 spiro atoms. The molecule has 1 amide bonds. The van der Waals surface area contributed by atoms with Gasteiger partial charge in [0, 0.05) is 5.41 Å². The van der Waals surface area contributed by atoms with Gasteiger partial charge in [0.1, 0.15) is 11.6 Å². The molecule has 0 aromatic carbocycles. The molecule has 9 nitrogen and oxygen atoms in total. The van der Waals surface area contributed by atoms with Crippen LogP contribution in [0.1, 0.15) is 71.6 Å². The number of amides is 1. The molecule has 0 saturated heterocycles. The third-order valence-corrected chi connectivity index (χ3v) is 9.76. The number of nitrogens with zero attached hydrogens (tertiary/aromatic N) is 1. The van der Waals surface area contributed by atoms with Crippen LogP contribution in [0.3, 0.4) is 0 Å². The van der Waals surface area contributed by atoms with Crippen LogP contribution in [0, 0.1) is 40.9 Å². The van der Waals surface area contributed by atoms with Gasteiger partial charge in [0.05, 0.1) is 12.1 Å². The van der Waals surface area contributed by atoms with E-state index in [9.17, 15) is 19.5 Å². The number of terminal acetylenes is 1. The van der Waals surface area contributed by atoms with Gasteiger partial charge in [0.25, 0.3) is 5.91 Å². The van der Waals surface area contributed by atoms with Crippen molar-refractivity contribution in [2.24, 2.45) is 33.7 Å². The minimum absolute atomic E-state index is 0.0586. The highest BCUT2D eigenvalue weighted by Gasteiger charge is 2.63. The lowest BCUT2D eigenvalue weighted by molar-refractivity contribution is -0.147. The molecule has 4 unspecified atom stereocenters. The fourth-order valence-electron chi connectivity index (χ4n) is 7.68. The van der Waals surface area contributed by atoms with Crippen LogP contribution in [0.5, 0.6) is 0 Å². The van der Waals surface area contributed by atoms with Crippen LogP contribution >= 0.6 is 0 Å². The van der Waals surface area contributed by atoms with E-state index in [2.05, 4.69) is 36.3 Å². The second-order valence-electron chi connectivity index (χ2n) is 11.4. The first-order valence-electron chi connectivity index (χ1n) is 12.8. The molecule has 196 valence electrons. The summed E-state index contributed by atoms with van der Waals surface area (Å²) in [5.41, 5.74) is 0.928. The number of rotatable bonds is 7. The number of hydrogen-bond acceptors (Lipinski definition) is 6. The topological polar surface area (TPSA) is 146 Å².